The fraction of sp³-hybridized carbons (Fsp3) is 0.207. The van der Waals surface area contributed by atoms with Gasteiger partial charge in [-0.1, -0.05) is 93.3 Å². The van der Waals surface area contributed by atoms with Crippen LogP contribution in [-0.4, -0.2) is 29.0 Å². The highest BCUT2D eigenvalue weighted by atomic mass is 35.5. The molecule has 2 aromatic carbocycles. The van der Waals surface area contributed by atoms with Gasteiger partial charge in [-0.2, -0.15) is 0 Å². The number of hydrazine groups is 1. The van der Waals surface area contributed by atoms with Gasteiger partial charge in [-0.05, 0) is 44.2 Å². The number of hydrogen-bond acceptors (Lipinski definition) is 6. The summed E-state index contributed by atoms with van der Waals surface area (Å²) >= 11 is 5.98. The molecule has 0 aromatic heterocycles. The Morgan fingerprint density at radius 2 is 1.59 bits per heavy atom. The maximum absolute atomic E-state index is 12.8. The van der Waals surface area contributed by atoms with E-state index in [1.165, 1.54) is 5.01 Å². The van der Waals surface area contributed by atoms with Crippen molar-refractivity contribution in [3.63, 3.8) is 0 Å². The Morgan fingerprint density at radius 3 is 2.05 bits per heavy atom. The largest absolute Gasteiger partial charge is 0.388 e. The van der Waals surface area contributed by atoms with Crippen LogP contribution in [0.15, 0.2) is 119 Å². The standard InChI is InChI=1S/C17H18ClN5OS.2C5H8.C2H6/c1-22(2)16-13-8-3-4-9-14(13)23(20)17(21-16)15(19)25(24)12-7-5-6-11(18)10-12;2*1-3-5-4-2;1-2/h3-10H,19-20H2,1-2H3;2*3-5H,1H2,2H3;1-2H3/b17-15+;2*5-4-;. The number of rotatable bonds is 4. The molecule has 1 unspecified atom stereocenters. The highest BCUT2D eigenvalue weighted by Gasteiger charge is 2.26. The first kappa shape index (κ1) is 33.6. The normalized spacial score (nSPS) is 13.9. The Morgan fingerprint density at radius 1 is 1.03 bits per heavy atom. The van der Waals surface area contributed by atoms with E-state index in [-0.39, 0.29) is 10.9 Å². The van der Waals surface area contributed by atoms with E-state index in [9.17, 15) is 4.21 Å². The van der Waals surface area contributed by atoms with E-state index < -0.39 is 10.8 Å². The van der Waals surface area contributed by atoms with E-state index >= 15 is 0 Å². The summed E-state index contributed by atoms with van der Waals surface area (Å²) in [5.74, 6) is 7.15. The van der Waals surface area contributed by atoms with Crippen LogP contribution in [0.3, 0.4) is 0 Å². The van der Waals surface area contributed by atoms with Gasteiger partial charge in [0.1, 0.15) is 21.7 Å². The molecule has 2 aromatic rings. The van der Waals surface area contributed by atoms with E-state index in [0.29, 0.717) is 15.8 Å². The monoisotopic (exact) mass is 541 g/mol. The highest BCUT2D eigenvalue weighted by Crippen LogP contribution is 2.30. The zero-order chi connectivity index (χ0) is 28.4. The second-order valence-electron chi connectivity index (χ2n) is 7.15. The highest BCUT2D eigenvalue weighted by molar-refractivity contribution is 7.89. The number of benzene rings is 2. The Kier molecular flexibility index (Phi) is 17.1. The predicted octanol–water partition coefficient (Wildman–Crippen LogP) is 6.76. The summed E-state index contributed by atoms with van der Waals surface area (Å²) in [7, 11) is 2.12. The molecule has 37 heavy (non-hydrogen) atoms. The fourth-order valence-corrected chi connectivity index (χ4v) is 4.04. The number of nitrogens with zero attached hydrogens (tertiary/aromatic N) is 3. The van der Waals surface area contributed by atoms with Crippen LogP contribution < -0.4 is 16.6 Å². The van der Waals surface area contributed by atoms with Crippen LogP contribution in [0.25, 0.3) is 0 Å². The summed E-state index contributed by atoms with van der Waals surface area (Å²) in [6.45, 7) is 14.8. The third-order valence-corrected chi connectivity index (χ3v) is 5.85. The van der Waals surface area contributed by atoms with Crippen molar-refractivity contribution >= 4 is 33.9 Å². The Bertz CT molecular complexity index is 1140. The fourth-order valence-electron chi connectivity index (χ4n) is 2.78. The Balaban J connectivity index is 0.000000910. The molecule has 0 radical (unpaired) electrons. The molecule has 0 bridgehead atoms. The van der Waals surface area contributed by atoms with Gasteiger partial charge in [-0.15, -0.1) is 0 Å². The number of halogens is 1. The second-order valence-corrected chi connectivity index (χ2v) is 9.04. The van der Waals surface area contributed by atoms with Crippen LogP contribution in [0.2, 0.25) is 5.02 Å². The van der Waals surface area contributed by atoms with E-state index in [1.54, 1.807) is 36.4 Å². The van der Waals surface area contributed by atoms with E-state index in [1.807, 2.05) is 95.3 Å². The number of hydrogen-bond donors (Lipinski definition) is 2. The molecule has 4 N–H and O–H groups in total. The van der Waals surface area contributed by atoms with Crippen molar-refractivity contribution in [1.29, 1.82) is 0 Å². The third kappa shape index (κ3) is 10.6. The molecule has 1 atom stereocenters. The van der Waals surface area contributed by atoms with E-state index in [2.05, 4.69) is 18.2 Å². The van der Waals surface area contributed by atoms with Gasteiger partial charge in [-0.25, -0.2) is 15.0 Å². The quantitative estimate of drug-likeness (QED) is 0.330. The molecular weight excluding hydrogens is 502 g/mol. The summed E-state index contributed by atoms with van der Waals surface area (Å²) in [6.07, 6.45) is 11.2. The number of amidine groups is 1. The summed E-state index contributed by atoms with van der Waals surface area (Å²) in [5, 5.41) is 1.92. The molecule has 0 saturated carbocycles. The zero-order valence-corrected chi connectivity index (χ0v) is 24.3. The van der Waals surface area contributed by atoms with E-state index in [4.69, 9.17) is 23.2 Å². The van der Waals surface area contributed by atoms with Crippen molar-refractivity contribution < 1.29 is 4.21 Å². The topological polar surface area (TPSA) is 88.0 Å². The molecule has 200 valence electrons. The number of fused-ring (bicyclic) bond motifs is 1. The van der Waals surface area contributed by atoms with Crippen LogP contribution in [-0.2, 0) is 10.8 Å². The summed E-state index contributed by atoms with van der Waals surface area (Å²) < 4.78 is 12.8. The average Bonchev–Trinajstić information content (AvgIpc) is 2.91. The Hall–Kier alpha value is -3.39. The van der Waals surface area contributed by atoms with Crippen molar-refractivity contribution in [2.45, 2.75) is 32.6 Å². The lowest BCUT2D eigenvalue weighted by Gasteiger charge is -2.30. The van der Waals surface area contributed by atoms with Crippen molar-refractivity contribution in [2.24, 2.45) is 16.6 Å². The average molecular weight is 542 g/mol. The van der Waals surface area contributed by atoms with Gasteiger partial charge in [-0.3, -0.25) is 5.01 Å². The van der Waals surface area contributed by atoms with Gasteiger partial charge >= 0.3 is 0 Å². The molecule has 0 aliphatic carbocycles. The molecule has 0 saturated heterocycles. The minimum Gasteiger partial charge on any atom is -0.388 e. The van der Waals surface area contributed by atoms with Gasteiger partial charge in [0.15, 0.2) is 5.82 Å². The van der Waals surface area contributed by atoms with Gasteiger partial charge in [0.05, 0.1) is 5.69 Å². The van der Waals surface area contributed by atoms with Crippen molar-refractivity contribution in [3.8, 4) is 0 Å². The zero-order valence-electron chi connectivity index (χ0n) is 22.7. The maximum Gasteiger partial charge on any atom is 0.182 e. The molecule has 1 aliphatic heterocycles. The summed E-state index contributed by atoms with van der Waals surface area (Å²) in [4.78, 5) is 6.90. The molecule has 8 heteroatoms. The molecule has 6 nitrogen and oxygen atoms in total. The maximum atomic E-state index is 12.8. The SMILES string of the molecule is C=C/C=C\C.C=C/C=C\C.CC.CN(C)C1=N/C(=C(/N)S(=O)c2cccc(Cl)c2)N(N)c2ccccc21. The van der Waals surface area contributed by atoms with Crippen LogP contribution in [0.1, 0.15) is 33.3 Å². The first-order valence-corrected chi connectivity index (χ1v) is 13.3. The molecule has 0 spiro atoms. The lowest BCUT2D eigenvalue weighted by molar-refractivity contribution is 0.618. The van der Waals surface area contributed by atoms with E-state index in [0.717, 1.165) is 11.3 Å². The van der Waals surface area contributed by atoms with Gasteiger partial charge < -0.3 is 10.6 Å². The van der Waals surface area contributed by atoms with Crippen LogP contribution in [0.5, 0.6) is 0 Å². The van der Waals surface area contributed by atoms with Gasteiger partial charge in [0.25, 0.3) is 0 Å². The molecule has 1 heterocycles. The van der Waals surface area contributed by atoms with Gasteiger partial charge in [0, 0.05) is 29.6 Å². The number of allylic oxidation sites excluding steroid dienone is 6. The van der Waals surface area contributed by atoms with Crippen LogP contribution >= 0.6 is 11.6 Å². The molecular formula is C29H40ClN5OS. The summed E-state index contributed by atoms with van der Waals surface area (Å²) in [5.41, 5.74) is 7.79. The Labute approximate surface area is 230 Å². The first-order chi connectivity index (χ1) is 17.7. The van der Waals surface area contributed by atoms with Crippen molar-refractivity contribution in [1.82, 2.24) is 4.90 Å². The molecule has 0 amide bonds. The van der Waals surface area contributed by atoms with Crippen molar-refractivity contribution in [3.05, 3.63) is 120 Å². The lowest BCUT2D eigenvalue weighted by atomic mass is 10.1. The minimum absolute atomic E-state index is 0.0682. The smallest absolute Gasteiger partial charge is 0.182 e. The van der Waals surface area contributed by atoms with Gasteiger partial charge in [0.2, 0.25) is 0 Å². The number of aliphatic imine (C=N–C) groups is 1. The van der Waals surface area contributed by atoms with Crippen LogP contribution in [0, 0.1) is 0 Å². The lowest BCUT2D eigenvalue weighted by Crippen LogP contribution is -2.39. The predicted molar refractivity (Wildman–Crippen MR) is 164 cm³/mol. The first-order valence-electron chi connectivity index (χ1n) is 11.8. The number of anilines is 1. The summed E-state index contributed by atoms with van der Waals surface area (Å²) in [6, 6.07) is 14.3. The number of nitrogens with two attached hydrogens (primary N) is 2. The van der Waals surface area contributed by atoms with Crippen LogP contribution in [0.4, 0.5) is 5.69 Å². The third-order valence-electron chi connectivity index (χ3n) is 4.36. The second kappa shape index (κ2) is 18.8. The van der Waals surface area contributed by atoms with Crippen molar-refractivity contribution in [2.75, 3.05) is 19.1 Å². The minimum atomic E-state index is -1.64. The number of para-hydroxylation sites is 1. The molecule has 3 rings (SSSR count). The molecule has 0 fully saturated rings. The molecule has 1 aliphatic rings.